The van der Waals surface area contributed by atoms with Gasteiger partial charge in [0, 0.05) is 49.1 Å². The van der Waals surface area contributed by atoms with E-state index in [1.165, 1.54) is 17.7 Å². The molecule has 3 aromatic rings. The summed E-state index contributed by atoms with van der Waals surface area (Å²) in [5.41, 5.74) is 5.63. The van der Waals surface area contributed by atoms with Crippen LogP contribution in [0, 0.1) is 12.7 Å². The van der Waals surface area contributed by atoms with Crippen LogP contribution in [0.1, 0.15) is 35.7 Å². The lowest BCUT2D eigenvalue weighted by molar-refractivity contribution is 0.198. The number of aryl methyl sites for hydroxylation is 2. The summed E-state index contributed by atoms with van der Waals surface area (Å²) in [6.07, 6.45) is 6.26. The number of nitrogens with one attached hydrogen (secondary N) is 1. The van der Waals surface area contributed by atoms with Crippen molar-refractivity contribution in [1.29, 1.82) is 0 Å². The molecule has 1 aromatic carbocycles. The van der Waals surface area contributed by atoms with E-state index in [4.69, 9.17) is 0 Å². The Labute approximate surface area is 152 Å². The maximum absolute atomic E-state index is 13.2. The van der Waals surface area contributed by atoms with E-state index in [0.717, 1.165) is 55.0 Å². The normalized spacial score (nSPS) is 18.3. The highest BCUT2D eigenvalue weighted by atomic mass is 19.1. The van der Waals surface area contributed by atoms with Crippen molar-refractivity contribution in [1.82, 2.24) is 24.9 Å². The van der Waals surface area contributed by atoms with Gasteiger partial charge in [0.2, 0.25) is 0 Å². The molecule has 1 aliphatic rings. The number of hydrogen-bond donors (Lipinski definition) is 1. The zero-order valence-corrected chi connectivity index (χ0v) is 15.2. The molecule has 1 atom stereocenters. The van der Waals surface area contributed by atoms with Crippen molar-refractivity contribution in [3.8, 4) is 11.1 Å². The molecule has 6 heteroatoms. The standard InChI is InChI=1S/C20H24FN5/c1-14-17(11-25(2)24-14)13-26-9-3-4-16(12-26)20-19(10-22-23-20)15-5-7-18(21)8-6-15/h5-8,10-11,16H,3-4,9,12-13H2,1-2H3,(H,22,23)/t16-/m1/s1. The molecule has 0 bridgehead atoms. The Morgan fingerprint density at radius 3 is 2.81 bits per heavy atom. The van der Waals surface area contributed by atoms with Gasteiger partial charge in [-0.15, -0.1) is 0 Å². The molecule has 26 heavy (non-hydrogen) atoms. The fourth-order valence-corrected chi connectivity index (χ4v) is 3.95. The predicted molar refractivity (Wildman–Crippen MR) is 99.2 cm³/mol. The minimum absolute atomic E-state index is 0.213. The molecule has 4 rings (SSSR count). The summed E-state index contributed by atoms with van der Waals surface area (Å²) in [5, 5.41) is 11.9. The van der Waals surface area contributed by atoms with Gasteiger partial charge in [0.05, 0.1) is 11.9 Å². The van der Waals surface area contributed by atoms with E-state index in [0.29, 0.717) is 5.92 Å². The SMILES string of the molecule is Cc1nn(C)cc1CN1CCC[C@@H](c2[nH]ncc2-c2ccc(F)cc2)C1. The van der Waals surface area contributed by atoms with Crippen molar-refractivity contribution in [2.45, 2.75) is 32.2 Å². The summed E-state index contributed by atoms with van der Waals surface area (Å²) in [6.45, 7) is 5.09. The van der Waals surface area contributed by atoms with Crippen LogP contribution in [0.5, 0.6) is 0 Å². The van der Waals surface area contributed by atoms with Gasteiger partial charge < -0.3 is 0 Å². The molecule has 2 aromatic heterocycles. The van der Waals surface area contributed by atoms with E-state index in [1.54, 1.807) is 0 Å². The lowest BCUT2D eigenvalue weighted by atomic mass is 9.90. The molecule has 0 spiro atoms. The second-order valence-electron chi connectivity index (χ2n) is 7.19. The Morgan fingerprint density at radius 2 is 2.08 bits per heavy atom. The summed E-state index contributed by atoms with van der Waals surface area (Å²) in [5.74, 6) is 0.192. The average Bonchev–Trinajstić information content (AvgIpc) is 3.23. The van der Waals surface area contributed by atoms with Gasteiger partial charge in [-0.2, -0.15) is 10.2 Å². The zero-order chi connectivity index (χ0) is 18.1. The largest absolute Gasteiger partial charge is 0.298 e. The van der Waals surface area contributed by atoms with Crippen LogP contribution in [0.2, 0.25) is 0 Å². The van der Waals surface area contributed by atoms with Crippen LogP contribution in [0.25, 0.3) is 11.1 Å². The lowest BCUT2D eigenvalue weighted by Gasteiger charge is -2.32. The first-order valence-corrected chi connectivity index (χ1v) is 9.11. The van der Waals surface area contributed by atoms with Gasteiger partial charge in [-0.05, 0) is 44.0 Å². The van der Waals surface area contributed by atoms with E-state index in [2.05, 4.69) is 33.3 Å². The van der Waals surface area contributed by atoms with Crippen LogP contribution in [0.3, 0.4) is 0 Å². The van der Waals surface area contributed by atoms with Crippen molar-refractivity contribution in [3.63, 3.8) is 0 Å². The Hall–Kier alpha value is -2.47. The molecule has 1 N–H and O–H groups in total. The molecule has 136 valence electrons. The molecule has 3 heterocycles. The topological polar surface area (TPSA) is 49.7 Å². The maximum atomic E-state index is 13.2. The van der Waals surface area contributed by atoms with E-state index in [9.17, 15) is 4.39 Å². The number of benzene rings is 1. The van der Waals surface area contributed by atoms with Crippen molar-refractivity contribution in [2.24, 2.45) is 7.05 Å². The Kier molecular flexibility index (Phi) is 4.59. The van der Waals surface area contributed by atoms with Gasteiger partial charge in [0.1, 0.15) is 5.82 Å². The molecule has 1 saturated heterocycles. The number of hydrogen-bond acceptors (Lipinski definition) is 3. The molecule has 1 fully saturated rings. The minimum Gasteiger partial charge on any atom is -0.298 e. The fraction of sp³-hybridized carbons (Fsp3) is 0.400. The first kappa shape index (κ1) is 17.0. The third kappa shape index (κ3) is 3.42. The van der Waals surface area contributed by atoms with E-state index in [-0.39, 0.29) is 5.82 Å². The van der Waals surface area contributed by atoms with Crippen LogP contribution in [0.15, 0.2) is 36.7 Å². The van der Waals surface area contributed by atoms with Gasteiger partial charge in [-0.3, -0.25) is 14.7 Å². The fourth-order valence-electron chi connectivity index (χ4n) is 3.95. The van der Waals surface area contributed by atoms with Gasteiger partial charge in [-0.25, -0.2) is 4.39 Å². The van der Waals surface area contributed by atoms with Crippen LogP contribution in [-0.4, -0.2) is 38.0 Å². The molecule has 0 unspecified atom stereocenters. The predicted octanol–water partition coefficient (Wildman–Crippen LogP) is 3.64. The van der Waals surface area contributed by atoms with Crippen molar-refractivity contribution < 1.29 is 4.39 Å². The molecule has 0 amide bonds. The molecule has 0 aliphatic carbocycles. The minimum atomic E-state index is -0.213. The number of rotatable bonds is 4. The lowest BCUT2D eigenvalue weighted by Crippen LogP contribution is -2.34. The first-order chi connectivity index (χ1) is 12.6. The molecule has 0 radical (unpaired) electrons. The summed E-state index contributed by atoms with van der Waals surface area (Å²) in [4.78, 5) is 2.49. The zero-order valence-electron chi connectivity index (χ0n) is 15.2. The van der Waals surface area contributed by atoms with Gasteiger partial charge in [-0.1, -0.05) is 12.1 Å². The van der Waals surface area contributed by atoms with Gasteiger partial charge in [0.25, 0.3) is 0 Å². The van der Waals surface area contributed by atoms with Crippen molar-refractivity contribution in [2.75, 3.05) is 13.1 Å². The number of likely N-dealkylation sites (tertiary alicyclic amines) is 1. The Bertz CT molecular complexity index is 880. The van der Waals surface area contributed by atoms with Crippen LogP contribution >= 0.6 is 0 Å². The second-order valence-corrected chi connectivity index (χ2v) is 7.19. The summed E-state index contributed by atoms with van der Waals surface area (Å²) in [6, 6.07) is 6.65. The maximum Gasteiger partial charge on any atom is 0.123 e. The molecule has 0 saturated carbocycles. The van der Waals surface area contributed by atoms with Crippen LogP contribution in [0.4, 0.5) is 4.39 Å². The average molecular weight is 353 g/mol. The van der Waals surface area contributed by atoms with Crippen molar-refractivity contribution >= 4 is 0 Å². The summed E-state index contributed by atoms with van der Waals surface area (Å²) in [7, 11) is 1.97. The quantitative estimate of drug-likeness (QED) is 0.779. The molecular formula is C20H24FN5. The Balaban J connectivity index is 1.52. The van der Waals surface area contributed by atoms with Crippen molar-refractivity contribution in [3.05, 3.63) is 59.4 Å². The number of piperidine rings is 1. The summed E-state index contributed by atoms with van der Waals surface area (Å²) >= 11 is 0. The Morgan fingerprint density at radius 1 is 1.27 bits per heavy atom. The van der Waals surface area contributed by atoms with Gasteiger partial charge in [0.15, 0.2) is 0 Å². The van der Waals surface area contributed by atoms with E-state index >= 15 is 0 Å². The van der Waals surface area contributed by atoms with Crippen LogP contribution in [-0.2, 0) is 13.6 Å². The molecule has 1 aliphatic heterocycles. The first-order valence-electron chi connectivity index (χ1n) is 9.11. The smallest absolute Gasteiger partial charge is 0.123 e. The van der Waals surface area contributed by atoms with Gasteiger partial charge >= 0.3 is 0 Å². The highest BCUT2D eigenvalue weighted by Gasteiger charge is 2.25. The second kappa shape index (κ2) is 7.03. The van der Waals surface area contributed by atoms with E-state index in [1.807, 2.05) is 30.1 Å². The third-order valence-corrected chi connectivity index (χ3v) is 5.25. The summed E-state index contributed by atoms with van der Waals surface area (Å²) < 4.78 is 15.1. The molecular weight excluding hydrogens is 329 g/mol. The number of aromatic amines is 1. The van der Waals surface area contributed by atoms with E-state index < -0.39 is 0 Å². The molecule has 5 nitrogen and oxygen atoms in total. The third-order valence-electron chi connectivity index (χ3n) is 5.25. The monoisotopic (exact) mass is 353 g/mol. The number of aromatic nitrogens is 4. The highest BCUT2D eigenvalue weighted by molar-refractivity contribution is 5.65. The number of nitrogens with zero attached hydrogens (tertiary/aromatic N) is 4. The highest BCUT2D eigenvalue weighted by Crippen LogP contribution is 2.33. The van der Waals surface area contributed by atoms with Crippen LogP contribution < -0.4 is 0 Å². The number of halogens is 1. The number of H-pyrrole nitrogens is 1.